The highest BCUT2D eigenvalue weighted by atomic mass is 15.1. The molecule has 108 valence electrons. The number of nitrogens with zero attached hydrogens (tertiary/aromatic N) is 2. The molecule has 0 fully saturated rings. The SMILES string of the molecule is CCn1c(C(C)(N)c2ccccc2)nc2cc(C)ccc21. The fourth-order valence-electron chi connectivity index (χ4n) is 2.87. The van der Waals surface area contributed by atoms with E-state index in [-0.39, 0.29) is 0 Å². The summed E-state index contributed by atoms with van der Waals surface area (Å²) in [4.78, 5) is 4.83. The van der Waals surface area contributed by atoms with Crippen LogP contribution in [0.1, 0.15) is 30.8 Å². The molecule has 0 aliphatic heterocycles. The van der Waals surface area contributed by atoms with E-state index in [1.54, 1.807) is 0 Å². The van der Waals surface area contributed by atoms with Gasteiger partial charge in [-0.15, -0.1) is 0 Å². The minimum Gasteiger partial charge on any atom is -0.326 e. The Bertz CT molecular complexity index is 770. The van der Waals surface area contributed by atoms with Crippen molar-refractivity contribution in [2.45, 2.75) is 32.9 Å². The highest BCUT2D eigenvalue weighted by Gasteiger charge is 2.29. The van der Waals surface area contributed by atoms with Crippen LogP contribution in [0.3, 0.4) is 0 Å². The number of hydrogen-bond donors (Lipinski definition) is 1. The average molecular weight is 279 g/mol. The average Bonchev–Trinajstić information content (AvgIpc) is 2.86. The molecule has 21 heavy (non-hydrogen) atoms. The molecule has 3 rings (SSSR count). The molecule has 1 heterocycles. The largest absolute Gasteiger partial charge is 0.326 e. The lowest BCUT2D eigenvalue weighted by atomic mass is 9.92. The van der Waals surface area contributed by atoms with Crippen molar-refractivity contribution in [2.75, 3.05) is 0 Å². The molecule has 0 saturated heterocycles. The zero-order valence-electron chi connectivity index (χ0n) is 12.8. The van der Waals surface area contributed by atoms with E-state index in [0.717, 1.165) is 29.0 Å². The standard InChI is InChI=1S/C18H21N3/c1-4-21-16-11-10-13(2)12-15(16)20-17(21)18(3,19)14-8-6-5-7-9-14/h5-12H,4,19H2,1-3H3. The number of nitrogens with two attached hydrogens (primary N) is 1. The molecule has 1 atom stereocenters. The van der Waals surface area contributed by atoms with Crippen molar-refractivity contribution in [3.63, 3.8) is 0 Å². The highest BCUT2D eigenvalue weighted by Crippen LogP contribution is 2.29. The summed E-state index contributed by atoms with van der Waals surface area (Å²) in [5, 5.41) is 0. The molecule has 3 heteroatoms. The Morgan fingerprint density at radius 1 is 1.14 bits per heavy atom. The summed E-state index contributed by atoms with van der Waals surface area (Å²) in [6.07, 6.45) is 0. The minimum absolute atomic E-state index is 0.607. The number of aromatic nitrogens is 2. The topological polar surface area (TPSA) is 43.8 Å². The molecule has 0 spiro atoms. The Kier molecular flexibility index (Phi) is 3.30. The Labute approximate surface area is 125 Å². The van der Waals surface area contributed by atoms with Gasteiger partial charge in [0.2, 0.25) is 0 Å². The van der Waals surface area contributed by atoms with Crippen molar-refractivity contribution in [3.8, 4) is 0 Å². The third kappa shape index (κ3) is 2.24. The van der Waals surface area contributed by atoms with Gasteiger partial charge in [-0.1, -0.05) is 36.4 Å². The van der Waals surface area contributed by atoms with Gasteiger partial charge in [0.1, 0.15) is 5.82 Å². The Balaban J connectivity index is 2.24. The second kappa shape index (κ2) is 5.01. The fourth-order valence-corrected chi connectivity index (χ4v) is 2.87. The molecule has 0 bridgehead atoms. The minimum atomic E-state index is -0.607. The molecule has 0 amide bonds. The van der Waals surface area contributed by atoms with Crippen LogP contribution < -0.4 is 5.73 Å². The van der Waals surface area contributed by atoms with Crippen molar-refractivity contribution >= 4 is 11.0 Å². The molecule has 3 aromatic rings. The zero-order chi connectivity index (χ0) is 15.0. The lowest BCUT2D eigenvalue weighted by molar-refractivity contribution is 0.522. The third-order valence-electron chi connectivity index (χ3n) is 4.06. The van der Waals surface area contributed by atoms with Crippen LogP contribution >= 0.6 is 0 Å². The zero-order valence-corrected chi connectivity index (χ0v) is 12.8. The summed E-state index contributed by atoms with van der Waals surface area (Å²) in [6, 6.07) is 16.5. The van der Waals surface area contributed by atoms with Crippen LogP contribution in [0, 0.1) is 6.92 Å². The van der Waals surface area contributed by atoms with Crippen LogP contribution in [-0.4, -0.2) is 9.55 Å². The number of imidazole rings is 1. The van der Waals surface area contributed by atoms with Crippen molar-refractivity contribution in [2.24, 2.45) is 5.73 Å². The molecular weight excluding hydrogens is 258 g/mol. The Morgan fingerprint density at radius 3 is 2.52 bits per heavy atom. The van der Waals surface area contributed by atoms with Gasteiger partial charge >= 0.3 is 0 Å². The van der Waals surface area contributed by atoms with E-state index in [1.165, 1.54) is 5.56 Å². The molecule has 1 aromatic heterocycles. The van der Waals surface area contributed by atoms with Crippen LogP contribution in [0.25, 0.3) is 11.0 Å². The van der Waals surface area contributed by atoms with Gasteiger partial charge in [0.05, 0.1) is 16.6 Å². The molecule has 3 nitrogen and oxygen atoms in total. The van der Waals surface area contributed by atoms with Gasteiger partial charge in [0.15, 0.2) is 0 Å². The van der Waals surface area contributed by atoms with Gasteiger partial charge in [0, 0.05) is 6.54 Å². The van der Waals surface area contributed by atoms with Crippen molar-refractivity contribution in [1.82, 2.24) is 9.55 Å². The quantitative estimate of drug-likeness (QED) is 0.796. The van der Waals surface area contributed by atoms with Crippen molar-refractivity contribution in [3.05, 3.63) is 65.5 Å². The van der Waals surface area contributed by atoms with Gasteiger partial charge < -0.3 is 10.3 Å². The lowest BCUT2D eigenvalue weighted by Crippen LogP contribution is -2.37. The van der Waals surface area contributed by atoms with Gasteiger partial charge in [-0.05, 0) is 44.0 Å². The number of aryl methyl sites for hydroxylation is 2. The molecule has 0 radical (unpaired) electrons. The third-order valence-corrected chi connectivity index (χ3v) is 4.06. The smallest absolute Gasteiger partial charge is 0.134 e. The van der Waals surface area contributed by atoms with E-state index in [0.29, 0.717) is 0 Å². The van der Waals surface area contributed by atoms with E-state index in [1.807, 2.05) is 25.1 Å². The predicted octanol–water partition coefficient (Wildman–Crippen LogP) is 3.59. The summed E-state index contributed by atoms with van der Waals surface area (Å²) >= 11 is 0. The molecule has 2 N–H and O–H groups in total. The van der Waals surface area contributed by atoms with Crippen LogP contribution in [0.5, 0.6) is 0 Å². The maximum absolute atomic E-state index is 6.65. The van der Waals surface area contributed by atoms with E-state index >= 15 is 0 Å². The van der Waals surface area contributed by atoms with Crippen LogP contribution in [0.15, 0.2) is 48.5 Å². The number of rotatable bonds is 3. The highest BCUT2D eigenvalue weighted by molar-refractivity contribution is 5.77. The maximum Gasteiger partial charge on any atom is 0.134 e. The van der Waals surface area contributed by atoms with Gasteiger partial charge in [-0.2, -0.15) is 0 Å². The fraction of sp³-hybridized carbons (Fsp3) is 0.278. The molecular formula is C18H21N3. The maximum atomic E-state index is 6.65. The first kappa shape index (κ1) is 13.8. The van der Waals surface area contributed by atoms with Crippen LogP contribution in [0.2, 0.25) is 0 Å². The van der Waals surface area contributed by atoms with Gasteiger partial charge in [-0.3, -0.25) is 0 Å². The molecule has 1 unspecified atom stereocenters. The van der Waals surface area contributed by atoms with Crippen molar-refractivity contribution in [1.29, 1.82) is 0 Å². The van der Waals surface area contributed by atoms with E-state index in [9.17, 15) is 0 Å². The normalized spacial score (nSPS) is 14.3. The first-order valence-electron chi connectivity index (χ1n) is 7.36. The lowest BCUT2D eigenvalue weighted by Gasteiger charge is -2.25. The van der Waals surface area contributed by atoms with Gasteiger partial charge in [-0.25, -0.2) is 4.98 Å². The first-order chi connectivity index (χ1) is 10.0. The van der Waals surface area contributed by atoms with Gasteiger partial charge in [0.25, 0.3) is 0 Å². The number of benzene rings is 2. The second-order valence-corrected chi connectivity index (χ2v) is 5.74. The first-order valence-corrected chi connectivity index (χ1v) is 7.36. The summed E-state index contributed by atoms with van der Waals surface area (Å²) in [6.45, 7) is 7.10. The molecule has 0 saturated carbocycles. The van der Waals surface area contributed by atoms with E-state index < -0.39 is 5.54 Å². The summed E-state index contributed by atoms with van der Waals surface area (Å²) in [5.41, 5.74) is 10.5. The summed E-state index contributed by atoms with van der Waals surface area (Å²) in [5.74, 6) is 0.914. The van der Waals surface area contributed by atoms with Crippen LogP contribution in [0.4, 0.5) is 0 Å². The molecule has 2 aromatic carbocycles. The monoisotopic (exact) mass is 279 g/mol. The summed E-state index contributed by atoms with van der Waals surface area (Å²) in [7, 11) is 0. The number of hydrogen-bond acceptors (Lipinski definition) is 2. The molecule has 0 aliphatic carbocycles. The second-order valence-electron chi connectivity index (χ2n) is 5.74. The Morgan fingerprint density at radius 2 is 1.86 bits per heavy atom. The van der Waals surface area contributed by atoms with Crippen molar-refractivity contribution < 1.29 is 0 Å². The van der Waals surface area contributed by atoms with Crippen LogP contribution in [-0.2, 0) is 12.1 Å². The Hall–Kier alpha value is -2.13. The van der Waals surface area contributed by atoms with E-state index in [2.05, 4.69) is 48.7 Å². The predicted molar refractivity (Wildman–Crippen MR) is 87.2 cm³/mol. The molecule has 0 aliphatic rings. The number of fused-ring (bicyclic) bond motifs is 1. The van der Waals surface area contributed by atoms with E-state index in [4.69, 9.17) is 10.7 Å². The summed E-state index contributed by atoms with van der Waals surface area (Å²) < 4.78 is 2.21.